The Bertz CT molecular complexity index is 1190. The molecular weight excluding hydrogens is 454 g/mol. The fourth-order valence-corrected chi connectivity index (χ4v) is 3.89. The Labute approximate surface area is 201 Å². The molecule has 6 N–H and O–H groups in total. The van der Waals surface area contributed by atoms with Crippen LogP contribution in [0.15, 0.2) is 54.7 Å². The van der Waals surface area contributed by atoms with E-state index in [1.165, 1.54) is 18.3 Å². The number of carbonyl (C=O) groups is 2. The largest absolute Gasteiger partial charge is 0.380 e. The SMILES string of the molecule is NC(=O)c1cnc(Nc2ccc(NC(=O)C3CCNCC3)cc2)cc1NCc1cc(F)cc(F)c1. The van der Waals surface area contributed by atoms with Gasteiger partial charge in [-0.2, -0.15) is 0 Å². The van der Waals surface area contributed by atoms with Gasteiger partial charge in [-0.1, -0.05) is 0 Å². The summed E-state index contributed by atoms with van der Waals surface area (Å²) in [5.41, 5.74) is 7.73. The predicted molar refractivity (Wildman–Crippen MR) is 130 cm³/mol. The molecule has 4 rings (SSSR count). The number of hydrogen-bond acceptors (Lipinski definition) is 6. The van der Waals surface area contributed by atoms with Crippen LogP contribution in [0.1, 0.15) is 28.8 Å². The molecule has 182 valence electrons. The molecule has 10 heteroatoms. The van der Waals surface area contributed by atoms with Gasteiger partial charge >= 0.3 is 0 Å². The lowest BCUT2D eigenvalue weighted by Gasteiger charge is -2.21. The minimum Gasteiger partial charge on any atom is -0.380 e. The standard InChI is InChI=1S/C25H26F2N6O2/c26-17-9-15(10-18(27)11-17)13-30-22-12-23(31-14-21(22)24(28)34)32-19-1-3-20(4-2-19)33-25(35)16-5-7-29-8-6-16/h1-4,9-12,14,16,29H,5-8,13H2,(H2,28,34)(H,33,35)(H2,30,31,32). The highest BCUT2D eigenvalue weighted by molar-refractivity contribution is 5.98. The van der Waals surface area contributed by atoms with E-state index in [2.05, 4.69) is 26.3 Å². The number of benzene rings is 2. The lowest BCUT2D eigenvalue weighted by Crippen LogP contribution is -2.34. The maximum absolute atomic E-state index is 13.5. The molecule has 1 aromatic heterocycles. The number of hydrogen-bond donors (Lipinski definition) is 5. The van der Waals surface area contributed by atoms with Crippen molar-refractivity contribution < 1.29 is 18.4 Å². The molecular formula is C25H26F2N6O2. The van der Waals surface area contributed by atoms with Gasteiger partial charge in [0.1, 0.15) is 17.5 Å². The molecule has 1 saturated heterocycles. The van der Waals surface area contributed by atoms with Crippen LogP contribution in [0.25, 0.3) is 0 Å². The van der Waals surface area contributed by atoms with E-state index < -0.39 is 17.5 Å². The quantitative estimate of drug-likeness (QED) is 0.335. The number of amides is 2. The second-order valence-electron chi connectivity index (χ2n) is 8.33. The molecule has 1 aliphatic heterocycles. The Kier molecular flexibility index (Phi) is 7.51. The van der Waals surface area contributed by atoms with Gasteiger partial charge in [-0.15, -0.1) is 0 Å². The number of halogens is 2. The van der Waals surface area contributed by atoms with Crippen molar-refractivity contribution in [2.75, 3.05) is 29.0 Å². The summed E-state index contributed by atoms with van der Waals surface area (Å²) >= 11 is 0. The van der Waals surface area contributed by atoms with E-state index in [-0.39, 0.29) is 23.9 Å². The smallest absolute Gasteiger partial charge is 0.252 e. The summed E-state index contributed by atoms with van der Waals surface area (Å²) < 4.78 is 26.9. The number of aromatic nitrogens is 1. The van der Waals surface area contributed by atoms with Crippen LogP contribution in [0.3, 0.4) is 0 Å². The molecule has 2 heterocycles. The van der Waals surface area contributed by atoms with Crippen molar-refractivity contribution in [1.29, 1.82) is 0 Å². The fraction of sp³-hybridized carbons (Fsp3) is 0.240. The van der Waals surface area contributed by atoms with Crippen LogP contribution in [-0.4, -0.2) is 29.9 Å². The van der Waals surface area contributed by atoms with Gasteiger partial charge in [0.2, 0.25) is 5.91 Å². The first-order valence-corrected chi connectivity index (χ1v) is 11.2. The third kappa shape index (κ3) is 6.51. The molecule has 2 amide bonds. The third-order valence-corrected chi connectivity index (χ3v) is 5.71. The molecule has 0 saturated carbocycles. The number of carbonyl (C=O) groups excluding carboxylic acids is 2. The summed E-state index contributed by atoms with van der Waals surface area (Å²) in [4.78, 5) is 28.5. The minimum atomic E-state index is -0.690. The molecule has 2 aromatic carbocycles. The first-order chi connectivity index (χ1) is 16.9. The van der Waals surface area contributed by atoms with Crippen molar-refractivity contribution in [3.8, 4) is 0 Å². The number of nitrogens with two attached hydrogens (primary N) is 1. The van der Waals surface area contributed by atoms with E-state index in [0.29, 0.717) is 28.4 Å². The van der Waals surface area contributed by atoms with E-state index >= 15 is 0 Å². The summed E-state index contributed by atoms with van der Waals surface area (Å²) in [5, 5.41) is 12.3. The maximum atomic E-state index is 13.5. The molecule has 35 heavy (non-hydrogen) atoms. The molecule has 0 radical (unpaired) electrons. The number of nitrogens with zero attached hydrogens (tertiary/aromatic N) is 1. The zero-order valence-electron chi connectivity index (χ0n) is 18.9. The molecule has 1 aliphatic rings. The van der Waals surface area contributed by atoms with Crippen molar-refractivity contribution in [1.82, 2.24) is 10.3 Å². The van der Waals surface area contributed by atoms with E-state index in [0.717, 1.165) is 32.0 Å². The normalized spacial score (nSPS) is 13.8. The first kappa shape index (κ1) is 24.1. The lowest BCUT2D eigenvalue weighted by molar-refractivity contribution is -0.120. The number of anilines is 4. The summed E-state index contributed by atoms with van der Waals surface area (Å²) in [7, 11) is 0. The zero-order valence-corrected chi connectivity index (χ0v) is 18.9. The molecule has 1 fully saturated rings. The second-order valence-corrected chi connectivity index (χ2v) is 8.33. The van der Waals surface area contributed by atoms with E-state index in [9.17, 15) is 18.4 Å². The van der Waals surface area contributed by atoms with Gasteiger partial charge in [-0.05, 0) is 67.9 Å². The van der Waals surface area contributed by atoms with Crippen molar-refractivity contribution in [2.45, 2.75) is 19.4 Å². The molecule has 3 aromatic rings. The van der Waals surface area contributed by atoms with Gasteiger partial charge in [0.15, 0.2) is 0 Å². The van der Waals surface area contributed by atoms with Crippen LogP contribution in [0.2, 0.25) is 0 Å². The Balaban J connectivity index is 1.43. The molecule has 0 atom stereocenters. The molecule has 0 spiro atoms. The highest BCUT2D eigenvalue weighted by Gasteiger charge is 2.20. The Hall–Kier alpha value is -4.05. The average molecular weight is 481 g/mol. The molecule has 0 unspecified atom stereocenters. The highest BCUT2D eigenvalue weighted by atomic mass is 19.1. The Morgan fingerprint density at radius 2 is 1.66 bits per heavy atom. The van der Waals surface area contributed by atoms with Crippen LogP contribution < -0.4 is 27.0 Å². The summed E-state index contributed by atoms with van der Waals surface area (Å²) in [6.45, 7) is 1.76. The van der Waals surface area contributed by atoms with Crippen LogP contribution in [0.4, 0.5) is 31.7 Å². The van der Waals surface area contributed by atoms with E-state index in [4.69, 9.17) is 5.73 Å². The van der Waals surface area contributed by atoms with Crippen LogP contribution in [0, 0.1) is 17.6 Å². The van der Waals surface area contributed by atoms with Gasteiger partial charge in [0.25, 0.3) is 5.91 Å². The summed E-state index contributed by atoms with van der Waals surface area (Å²) in [6, 6.07) is 11.9. The van der Waals surface area contributed by atoms with Crippen molar-refractivity contribution in [3.05, 3.63) is 77.5 Å². The third-order valence-electron chi connectivity index (χ3n) is 5.71. The maximum Gasteiger partial charge on any atom is 0.252 e. The molecule has 0 aliphatic carbocycles. The van der Waals surface area contributed by atoms with Crippen molar-refractivity contribution >= 4 is 34.7 Å². The second kappa shape index (κ2) is 10.9. The van der Waals surface area contributed by atoms with Crippen molar-refractivity contribution in [2.24, 2.45) is 11.7 Å². The van der Waals surface area contributed by atoms with Gasteiger partial charge in [0.05, 0.1) is 11.3 Å². The van der Waals surface area contributed by atoms with Gasteiger partial charge in [0, 0.05) is 42.2 Å². The van der Waals surface area contributed by atoms with Gasteiger partial charge in [-0.25, -0.2) is 13.8 Å². The average Bonchev–Trinajstić information content (AvgIpc) is 2.84. The number of pyridine rings is 1. The highest BCUT2D eigenvalue weighted by Crippen LogP contribution is 2.24. The number of nitrogens with one attached hydrogen (secondary N) is 4. The summed E-state index contributed by atoms with van der Waals surface area (Å²) in [5.74, 6) is -1.62. The fourth-order valence-electron chi connectivity index (χ4n) is 3.89. The molecule has 0 bridgehead atoms. The van der Waals surface area contributed by atoms with Crippen LogP contribution in [0.5, 0.6) is 0 Å². The van der Waals surface area contributed by atoms with Gasteiger partial charge < -0.3 is 27.0 Å². The summed E-state index contributed by atoms with van der Waals surface area (Å²) in [6.07, 6.45) is 2.97. The predicted octanol–water partition coefficient (Wildman–Crippen LogP) is 3.75. The Morgan fingerprint density at radius 3 is 2.31 bits per heavy atom. The van der Waals surface area contributed by atoms with Crippen LogP contribution >= 0.6 is 0 Å². The number of piperidine rings is 1. The number of rotatable bonds is 8. The Morgan fingerprint density at radius 1 is 1.00 bits per heavy atom. The van der Waals surface area contributed by atoms with Gasteiger partial charge in [-0.3, -0.25) is 9.59 Å². The minimum absolute atomic E-state index is 0.0109. The lowest BCUT2D eigenvalue weighted by atomic mass is 9.97. The first-order valence-electron chi connectivity index (χ1n) is 11.2. The van der Waals surface area contributed by atoms with Crippen molar-refractivity contribution in [3.63, 3.8) is 0 Å². The zero-order chi connectivity index (χ0) is 24.8. The van der Waals surface area contributed by atoms with E-state index in [1.54, 1.807) is 30.3 Å². The monoisotopic (exact) mass is 480 g/mol. The topological polar surface area (TPSA) is 121 Å². The molecule has 8 nitrogen and oxygen atoms in total. The number of primary amides is 1. The van der Waals surface area contributed by atoms with E-state index in [1.807, 2.05) is 0 Å². The van der Waals surface area contributed by atoms with Crippen LogP contribution in [-0.2, 0) is 11.3 Å².